The van der Waals surface area contributed by atoms with E-state index in [1.807, 2.05) is 13.8 Å². The Balaban J connectivity index is 2.64. The molecule has 0 atom stereocenters. The minimum absolute atomic E-state index is 0.151. The average Bonchev–Trinajstić information content (AvgIpc) is 2.61. The summed E-state index contributed by atoms with van der Waals surface area (Å²) in [5.41, 5.74) is 6.94. The zero-order valence-electron chi connectivity index (χ0n) is 8.75. The van der Waals surface area contributed by atoms with Gasteiger partial charge in [0, 0.05) is 12.5 Å². The number of halogens is 1. The molecule has 0 spiro atoms. The summed E-state index contributed by atoms with van der Waals surface area (Å²) in [6.07, 6.45) is 0. The first kappa shape index (κ1) is 10.1. The summed E-state index contributed by atoms with van der Waals surface area (Å²) < 4.78 is 18.9. The van der Waals surface area contributed by atoms with Gasteiger partial charge < -0.3 is 10.2 Å². The largest absolute Gasteiger partial charge is 0.437 e. The molecule has 4 heteroatoms. The van der Waals surface area contributed by atoms with Crippen LogP contribution in [0.2, 0.25) is 0 Å². The van der Waals surface area contributed by atoms with Gasteiger partial charge in [-0.05, 0) is 17.7 Å². The smallest absolute Gasteiger partial charge is 0.198 e. The van der Waals surface area contributed by atoms with E-state index in [2.05, 4.69) is 4.98 Å². The molecule has 0 aliphatic heterocycles. The zero-order valence-corrected chi connectivity index (χ0v) is 8.75. The second-order valence-corrected chi connectivity index (χ2v) is 3.84. The molecule has 3 nitrogen and oxygen atoms in total. The lowest BCUT2D eigenvalue weighted by atomic mass is 10.2. The zero-order chi connectivity index (χ0) is 11.0. The summed E-state index contributed by atoms with van der Waals surface area (Å²) in [6.45, 7) is 4.20. The molecule has 0 aliphatic rings. The molecule has 2 aromatic rings. The van der Waals surface area contributed by atoms with Crippen LogP contribution in [0.15, 0.2) is 16.5 Å². The standard InChI is InChI=1S/C11H13FN2O/c1-6(2)11-14-9-4-7(5-13)3-8(12)10(9)15-11/h3-4,6H,5,13H2,1-2H3. The number of benzene rings is 1. The van der Waals surface area contributed by atoms with E-state index in [1.54, 1.807) is 6.07 Å². The van der Waals surface area contributed by atoms with E-state index < -0.39 is 5.82 Å². The molecular weight excluding hydrogens is 195 g/mol. The van der Waals surface area contributed by atoms with Gasteiger partial charge in [-0.1, -0.05) is 13.8 Å². The van der Waals surface area contributed by atoms with Crippen LogP contribution in [0, 0.1) is 5.82 Å². The quantitative estimate of drug-likeness (QED) is 0.825. The second-order valence-electron chi connectivity index (χ2n) is 3.84. The first-order valence-electron chi connectivity index (χ1n) is 4.90. The number of nitrogens with two attached hydrogens (primary N) is 1. The first-order valence-corrected chi connectivity index (χ1v) is 4.90. The molecule has 0 fully saturated rings. The normalized spacial score (nSPS) is 11.5. The van der Waals surface area contributed by atoms with Crippen molar-refractivity contribution in [2.24, 2.45) is 5.73 Å². The van der Waals surface area contributed by atoms with E-state index in [9.17, 15) is 4.39 Å². The van der Waals surface area contributed by atoms with Gasteiger partial charge in [-0.3, -0.25) is 0 Å². The van der Waals surface area contributed by atoms with Crippen LogP contribution in [0.25, 0.3) is 11.1 Å². The Morgan fingerprint density at radius 3 is 2.80 bits per heavy atom. The maximum Gasteiger partial charge on any atom is 0.198 e. The molecule has 0 aliphatic carbocycles. The van der Waals surface area contributed by atoms with Crippen LogP contribution in [0.3, 0.4) is 0 Å². The van der Waals surface area contributed by atoms with Gasteiger partial charge in [0.25, 0.3) is 0 Å². The predicted octanol–water partition coefficient (Wildman–Crippen LogP) is 2.55. The Morgan fingerprint density at radius 1 is 1.47 bits per heavy atom. The van der Waals surface area contributed by atoms with Gasteiger partial charge in [-0.2, -0.15) is 0 Å². The molecule has 0 saturated carbocycles. The van der Waals surface area contributed by atoms with Crippen LogP contribution in [0.1, 0.15) is 31.2 Å². The van der Waals surface area contributed by atoms with Gasteiger partial charge in [0.2, 0.25) is 0 Å². The maximum atomic E-state index is 13.5. The minimum atomic E-state index is -0.396. The van der Waals surface area contributed by atoms with Gasteiger partial charge in [-0.15, -0.1) is 0 Å². The number of hydrogen-bond donors (Lipinski definition) is 1. The number of fused-ring (bicyclic) bond motifs is 1. The fraction of sp³-hybridized carbons (Fsp3) is 0.364. The van der Waals surface area contributed by atoms with E-state index in [4.69, 9.17) is 10.2 Å². The average molecular weight is 208 g/mol. The summed E-state index contributed by atoms with van der Waals surface area (Å²) in [5, 5.41) is 0. The monoisotopic (exact) mass is 208 g/mol. The predicted molar refractivity (Wildman–Crippen MR) is 55.9 cm³/mol. The molecule has 1 aromatic heterocycles. The van der Waals surface area contributed by atoms with Crippen molar-refractivity contribution in [2.75, 3.05) is 0 Å². The Morgan fingerprint density at radius 2 is 2.20 bits per heavy atom. The van der Waals surface area contributed by atoms with Gasteiger partial charge in [0.15, 0.2) is 17.3 Å². The number of oxazole rings is 1. The lowest BCUT2D eigenvalue weighted by Gasteiger charge is -1.95. The molecule has 1 heterocycles. The van der Waals surface area contributed by atoms with E-state index >= 15 is 0 Å². The van der Waals surface area contributed by atoms with Crippen LogP contribution in [-0.4, -0.2) is 4.98 Å². The number of nitrogens with zero attached hydrogens (tertiary/aromatic N) is 1. The summed E-state index contributed by atoms with van der Waals surface area (Å²) in [6, 6.07) is 3.14. The highest BCUT2D eigenvalue weighted by Gasteiger charge is 2.13. The number of aromatic nitrogens is 1. The number of hydrogen-bond acceptors (Lipinski definition) is 3. The van der Waals surface area contributed by atoms with Crippen molar-refractivity contribution in [3.05, 3.63) is 29.4 Å². The van der Waals surface area contributed by atoms with E-state index in [1.165, 1.54) is 6.07 Å². The lowest BCUT2D eigenvalue weighted by Crippen LogP contribution is -1.96. The fourth-order valence-electron chi connectivity index (χ4n) is 1.43. The summed E-state index contributed by atoms with van der Waals surface area (Å²) in [4.78, 5) is 4.22. The fourth-order valence-corrected chi connectivity index (χ4v) is 1.43. The molecule has 0 radical (unpaired) electrons. The van der Waals surface area contributed by atoms with Crippen LogP contribution < -0.4 is 5.73 Å². The molecule has 0 unspecified atom stereocenters. The van der Waals surface area contributed by atoms with Crippen molar-refractivity contribution in [1.29, 1.82) is 0 Å². The van der Waals surface area contributed by atoms with Crippen LogP contribution in [-0.2, 0) is 6.54 Å². The van der Waals surface area contributed by atoms with Crippen molar-refractivity contribution < 1.29 is 8.81 Å². The highest BCUT2D eigenvalue weighted by atomic mass is 19.1. The van der Waals surface area contributed by atoms with Gasteiger partial charge in [0.1, 0.15) is 5.52 Å². The molecule has 2 N–H and O–H groups in total. The Bertz CT molecular complexity index is 491. The third-order valence-electron chi connectivity index (χ3n) is 2.25. The van der Waals surface area contributed by atoms with E-state index in [-0.39, 0.29) is 11.5 Å². The van der Waals surface area contributed by atoms with Crippen molar-refractivity contribution in [1.82, 2.24) is 4.98 Å². The summed E-state index contributed by atoms with van der Waals surface area (Å²) in [7, 11) is 0. The second kappa shape index (κ2) is 3.62. The van der Waals surface area contributed by atoms with Crippen molar-refractivity contribution in [3.63, 3.8) is 0 Å². The van der Waals surface area contributed by atoms with Crippen LogP contribution in [0.5, 0.6) is 0 Å². The molecule has 0 amide bonds. The van der Waals surface area contributed by atoms with E-state index in [0.717, 1.165) is 5.56 Å². The summed E-state index contributed by atoms with van der Waals surface area (Å²) >= 11 is 0. The number of rotatable bonds is 2. The van der Waals surface area contributed by atoms with E-state index in [0.29, 0.717) is 18.0 Å². The van der Waals surface area contributed by atoms with Crippen molar-refractivity contribution >= 4 is 11.1 Å². The highest BCUT2D eigenvalue weighted by Crippen LogP contribution is 2.24. The van der Waals surface area contributed by atoms with Crippen LogP contribution >= 0.6 is 0 Å². The molecule has 2 rings (SSSR count). The lowest BCUT2D eigenvalue weighted by molar-refractivity contribution is 0.483. The molecule has 1 aromatic carbocycles. The van der Waals surface area contributed by atoms with Gasteiger partial charge in [-0.25, -0.2) is 9.37 Å². The molecule has 80 valence electrons. The van der Waals surface area contributed by atoms with Crippen LogP contribution in [0.4, 0.5) is 4.39 Å². The minimum Gasteiger partial charge on any atom is -0.437 e. The molecular formula is C11H13FN2O. The van der Waals surface area contributed by atoms with Crippen molar-refractivity contribution in [3.8, 4) is 0 Å². The topological polar surface area (TPSA) is 52.0 Å². The third-order valence-corrected chi connectivity index (χ3v) is 2.25. The molecule has 15 heavy (non-hydrogen) atoms. The Kier molecular flexibility index (Phi) is 2.44. The first-order chi connectivity index (χ1) is 7.11. The van der Waals surface area contributed by atoms with Crippen molar-refractivity contribution in [2.45, 2.75) is 26.3 Å². The summed E-state index contributed by atoms with van der Waals surface area (Å²) in [5.74, 6) is 0.309. The maximum absolute atomic E-state index is 13.5. The molecule has 0 bridgehead atoms. The van der Waals surface area contributed by atoms with Gasteiger partial charge in [0.05, 0.1) is 0 Å². The Hall–Kier alpha value is -1.42. The SMILES string of the molecule is CC(C)c1nc2cc(CN)cc(F)c2o1. The Labute approximate surface area is 87.1 Å². The highest BCUT2D eigenvalue weighted by molar-refractivity contribution is 5.74. The van der Waals surface area contributed by atoms with Gasteiger partial charge >= 0.3 is 0 Å². The molecule has 0 saturated heterocycles. The third kappa shape index (κ3) is 1.72.